The molecule has 7 nitrogen and oxygen atoms in total. The number of piperazine rings is 1. The van der Waals surface area contributed by atoms with E-state index in [1.807, 2.05) is 56.3 Å². The lowest BCUT2D eigenvalue weighted by Gasteiger charge is -2.34. The summed E-state index contributed by atoms with van der Waals surface area (Å²) >= 11 is 0. The van der Waals surface area contributed by atoms with Crippen molar-refractivity contribution < 1.29 is 17.6 Å². The van der Waals surface area contributed by atoms with Crippen LogP contribution in [0.1, 0.15) is 24.5 Å². The number of carbonyl (C=O) groups excluding carboxylic acids is 1. The van der Waals surface area contributed by atoms with Crippen LogP contribution in [0.4, 0.5) is 0 Å². The van der Waals surface area contributed by atoms with E-state index < -0.39 is 10.0 Å². The Kier molecular flexibility index (Phi) is 6.13. The lowest BCUT2D eigenvalue weighted by atomic mass is 10.1. The number of benzene rings is 2. The first-order valence-electron chi connectivity index (χ1n) is 10.4. The molecule has 1 amide bonds. The van der Waals surface area contributed by atoms with Crippen molar-refractivity contribution >= 4 is 26.7 Å². The van der Waals surface area contributed by atoms with Crippen LogP contribution in [0.3, 0.4) is 0 Å². The zero-order chi connectivity index (χ0) is 22.0. The molecule has 0 bridgehead atoms. The number of fused-ring (bicyclic) bond motifs is 1. The van der Waals surface area contributed by atoms with Crippen LogP contribution in [0.2, 0.25) is 0 Å². The molecule has 1 aromatic heterocycles. The highest BCUT2D eigenvalue weighted by molar-refractivity contribution is 7.89. The first-order chi connectivity index (χ1) is 14.8. The average molecular weight is 442 g/mol. The number of aryl methyl sites for hydroxylation is 1. The fourth-order valence-corrected chi connectivity index (χ4v) is 5.25. The zero-order valence-electron chi connectivity index (χ0n) is 17.7. The zero-order valence-corrected chi connectivity index (χ0v) is 18.6. The molecule has 1 saturated heterocycles. The van der Waals surface area contributed by atoms with E-state index in [1.54, 1.807) is 17.0 Å². The minimum absolute atomic E-state index is 0.0436. The van der Waals surface area contributed by atoms with E-state index >= 15 is 0 Å². The summed E-state index contributed by atoms with van der Waals surface area (Å²) in [7, 11) is -3.59. The fraction of sp³-hybridized carbons (Fsp3) is 0.348. The van der Waals surface area contributed by atoms with Gasteiger partial charge >= 0.3 is 0 Å². The molecule has 164 valence electrons. The van der Waals surface area contributed by atoms with Gasteiger partial charge in [0.05, 0.1) is 17.5 Å². The van der Waals surface area contributed by atoms with Crippen LogP contribution in [0.5, 0.6) is 0 Å². The Morgan fingerprint density at radius 3 is 2.42 bits per heavy atom. The highest BCUT2D eigenvalue weighted by atomic mass is 32.2. The average Bonchev–Trinajstić information content (AvgIpc) is 3.23. The van der Waals surface area contributed by atoms with E-state index in [2.05, 4.69) is 5.32 Å². The van der Waals surface area contributed by atoms with Crippen LogP contribution < -0.4 is 5.32 Å². The molecule has 4 rings (SSSR count). The summed E-state index contributed by atoms with van der Waals surface area (Å²) in [4.78, 5) is 14.6. The third kappa shape index (κ3) is 4.66. The topological polar surface area (TPSA) is 82.9 Å². The summed E-state index contributed by atoms with van der Waals surface area (Å²) in [6, 6.07) is 16.6. The van der Waals surface area contributed by atoms with E-state index in [0.29, 0.717) is 13.1 Å². The number of furan rings is 1. The van der Waals surface area contributed by atoms with Crippen LogP contribution in [0.25, 0.3) is 10.8 Å². The number of rotatable bonds is 6. The second-order valence-corrected chi connectivity index (χ2v) is 9.78. The maximum absolute atomic E-state index is 13.1. The molecule has 1 fully saturated rings. The molecule has 0 saturated carbocycles. The van der Waals surface area contributed by atoms with Crippen molar-refractivity contribution in [1.29, 1.82) is 0 Å². The molecule has 1 aliphatic rings. The van der Waals surface area contributed by atoms with Gasteiger partial charge in [-0.05, 0) is 48.9 Å². The van der Waals surface area contributed by atoms with Crippen molar-refractivity contribution in [2.75, 3.05) is 32.7 Å². The molecular formula is C23H27N3O4S. The van der Waals surface area contributed by atoms with Gasteiger partial charge in [0.15, 0.2) is 0 Å². The summed E-state index contributed by atoms with van der Waals surface area (Å²) in [5.74, 6) is 1.58. The second-order valence-electron chi connectivity index (χ2n) is 7.84. The smallest absolute Gasteiger partial charge is 0.243 e. The molecule has 1 unspecified atom stereocenters. The Bertz CT molecular complexity index is 1180. The largest absolute Gasteiger partial charge is 0.465 e. The Labute approximate surface area is 182 Å². The lowest BCUT2D eigenvalue weighted by molar-refractivity contribution is -0.131. The molecule has 0 aliphatic carbocycles. The molecule has 0 spiro atoms. The molecule has 2 aromatic carbocycles. The van der Waals surface area contributed by atoms with E-state index in [9.17, 15) is 13.2 Å². The third-order valence-corrected chi connectivity index (χ3v) is 7.59. The second kappa shape index (κ2) is 8.82. The summed E-state index contributed by atoms with van der Waals surface area (Å²) in [6.45, 7) is 5.33. The number of nitrogens with one attached hydrogen (secondary N) is 1. The maximum Gasteiger partial charge on any atom is 0.243 e. The standard InChI is InChI=1S/C23H27N3O4S/c1-17-7-10-22(30-17)18(2)24-16-23(27)25-11-13-26(14-12-25)31(28,29)21-9-8-19-5-3-4-6-20(19)15-21/h3-10,15,18,24H,11-14,16H2,1-2H3. The summed E-state index contributed by atoms with van der Waals surface area (Å²) < 4.78 is 33.2. The number of nitrogens with zero attached hydrogens (tertiary/aromatic N) is 2. The molecule has 31 heavy (non-hydrogen) atoms. The predicted molar refractivity (Wildman–Crippen MR) is 119 cm³/mol. The normalized spacial score (nSPS) is 16.5. The maximum atomic E-state index is 13.1. The van der Waals surface area contributed by atoms with Gasteiger partial charge in [-0.3, -0.25) is 10.1 Å². The lowest BCUT2D eigenvalue weighted by Crippen LogP contribution is -2.52. The van der Waals surface area contributed by atoms with E-state index in [0.717, 1.165) is 22.3 Å². The van der Waals surface area contributed by atoms with Crippen molar-refractivity contribution in [2.24, 2.45) is 0 Å². The predicted octanol–water partition coefficient (Wildman–Crippen LogP) is 2.92. The van der Waals surface area contributed by atoms with Gasteiger partial charge in [-0.2, -0.15) is 4.31 Å². The molecule has 1 aliphatic heterocycles. The summed E-state index contributed by atoms with van der Waals surface area (Å²) in [5, 5.41) is 5.07. The molecule has 2 heterocycles. The first kappa shape index (κ1) is 21.5. The molecule has 0 radical (unpaired) electrons. The van der Waals surface area contributed by atoms with E-state index in [4.69, 9.17) is 4.42 Å². The van der Waals surface area contributed by atoms with Crippen LogP contribution in [0, 0.1) is 6.92 Å². The Morgan fingerprint density at radius 2 is 1.74 bits per heavy atom. The highest BCUT2D eigenvalue weighted by Crippen LogP contribution is 2.23. The van der Waals surface area contributed by atoms with Gasteiger partial charge in [0, 0.05) is 26.2 Å². The van der Waals surface area contributed by atoms with Crippen molar-refractivity contribution in [3.8, 4) is 0 Å². The quantitative estimate of drug-likeness (QED) is 0.636. The van der Waals surface area contributed by atoms with Gasteiger partial charge in [-0.25, -0.2) is 8.42 Å². The van der Waals surface area contributed by atoms with Crippen LogP contribution in [-0.4, -0.2) is 56.3 Å². The van der Waals surface area contributed by atoms with Crippen LogP contribution in [0.15, 0.2) is 63.9 Å². The van der Waals surface area contributed by atoms with Gasteiger partial charge in [0.1, 0.15) is 11.5 Å². The third-order valence-electron chi connectivity index (χ3n) is 5.70. The number of carbonyl (C=O) groups is 1. The van der Waals surface area contributed by atoms with Crippen LogP contribution >= 0.6 is 0 Å². The van der Waals surface area contributed by atoms with E-state index in [1.165, 1.54) is 4.31 Å². The Balaban J connectivity index is 1.34. The van der Waals surface area contributed by atoms with Crippen molar-refractivity contribution in [1.82, 2.24) is 14.5 Å². The Hall–Kier alpha value is -2.68. The molecule has 8 heteroatoms. The van der Waals surface area contributed by atoms with Crippen molar-refractivity contribution in [3.63, 3.8) is 0 Å². The molecule has 3 aromatic rings. The Morgan fingerprint density at radius 1 is 1.03 bits per heavy atom. The molecular weight excluding hydrogens is 414 g/mol. The first-order valence-corrected chi connectivity index (χ1v) is 11.8. The van der Waals surface area contributed by atoms with Gasteiger partial charge < -0.3 is 9.32 Å². The number of sulfonamides is 1. The minimum atomic E-state index is -3.59. The van der Waals surface area contributed by atoms with Crippen molar-refractivity contribution in [3.05, 3.63) is 66.1 Å². The van der Waals surface area contributed by atoms with Gasteiger partial charge in [0.2, 0.25) is 15.9 Å². The minimum Gasteiger partial charge on any atom is -0.465 e. The van der Waals surface area contributed by atoms with Gasteiger partial charge in [-0.15, -0.1) is 0 Å². The highest BCUT2D eigenvalue weighted by Gasteiger charge is 2.30. The number of hydrogen-bond donors (Lipinski definition) is 1. The monoisotopic (exact) mass is 441 g/mol. The van der Waals surface area contributed by atoms with Crippen LogP contribution in [-0.2, 0) is 14.8 Å². The summed E-state index contributed by atoms with van der Waals surface area (Å²) in [5.41, 5.74) is 0. The molecule has 1 N–H and O–H groups in total. The number of amides is 1. The number of hydrogen-bond acceptors (Lipinski definition) is 5. The SMILES string of the molecule is Cc1ccc(C(C)NCC(=O)N2CCN(S(=O)(=O)c3ccc4ccccc4c3)CC2)o1. The molecule has 1 atom stereocenters. The van der Waals surface area contributed by atoms with E-state index in [-0.39, 0.29) is 36.5 Å². The summed E-state index contributed by atoms with van der Waals surface area (Å²) in [6.07, 6.45) is 0. The fourth-order valence-electron chi connectivity index (χ4n) is 3.79. The van der Waals surface area contributed by atoms with Crippen molar-refractivity contribution in [2.45, 2.75) is 24.8 Å². The van der Waals surface area contributed by atoms with Gasteiger partial charge in [-0.1, -0.05) is 30.3 Å². The van der Waals surface area contributed by atoms with Gasteiger partial charge in [0.25, 0.3) is 0 Å².